The number of piperazine rings is 1. The lowest BCUT2D eigenvalue weighted by atomic mass is 10.2. The lowest BCUT2D eigenvalue weighted by Crippen LogP contribution is -2.47. The average Bonchev–Trinajstić information content (AvgIpc) is 3.47. The Morgan fingerprint density at radius 3 is 2.30 bits per heavy atom. The second-order valence-electron chi connectivity index (χ2n) is 11.7. The summed E-state index contributed by atoms with van der Waals surface area (Å²) in [6.07, 6.45) is 5.47. The molecular formula is C31H42N6O6. The van der Waals surface area contributed by atoms with Crippen LogP contribution >= 0.6 is 0 Å². The van der Waals surface area contributed by atoms with E-state index >= 15 is 0 Å². The summed E-state index contributed by atoms with van der Waals surface area (Å²) in [5.41, 5.74) is 1.26. The topological polar surface area (TPSA) is 133 Å². The van der Waals surface area contributed by atoms with Crippen LogP contribution in [0.2, 0.25) is 0 Å². The molecule has 2 fully saturated rings. The number of pyridine rings is 1. The van der Waals surface area contributed by atoms with Crippen LogP contribution in [0.25, 0.3) is 0 Å². The summed E-state index contributed by atoms with van der Waals surface area (Å²) in [7, 11) is 0. The Morgan fingerprint density at radius 1 is 0.930 bits per heavy atom. The summed E-state index contributed by atoms with van der Waals surface area (Å²) >= 11 is 0. The number of ether oxygens (including phenoxy) is 2. The molecule has 2 aliphatic rings. The Labute approximate surface area is 252 Å². The standard InChI is InChI=1S/C31H42N6O6/c1-31(2,3)43-30(41)37-17-4-6-26(37)22-42-29(40)23-7-9-24(10-8-23)34-28(39)27(38)33-13-5-16-35-18-20-36(21-19-35)25-11-14-32-15-12-25/h7-12,14-15,26H,4-6,13,16-22H2,1-3H3,(H,33,38)(H,34,39). The minimum atomic E-state index is -0.773. The highest BCUT2D eigenvalue weighted by molar-refractivity contribution is 6.39. The highest BCUT2D eigenvalue weighted by Gasteiger charge is 2.33. The average molecular weight is 595 g/mol. The molecule has 1 aromatic carbocycles. The molecule has 2 N–H and O–H groups in total. The molecule has 1 unspecified atom stereocenters. The first-order valence-corrected chi connectivity index (χ1v) is 14.8. The number of rotatable bonds is 9. The molecule has 0 bridgehead atoms. The van der Waals surface area contributed by atoms with E-state index in [1.807, 2.05) is 32.9 Å². The van der Waals surface area contributed by atoms with Gasteiger partial charge in [0.15, 0.2) is 0 Å². The van der Waals surface area contributed by atoms with Crippen molar-refractivity contribution in [3.8, 4) is 0 Å². The van der Waals surface area contributed by atoms with Crippen molar-refractivity contribution in [2.24, 2.45) is 0 Å². The van der Waals surface area contributed by atoms with Gasteiger partial charge in [-0.25, -0.2) is 9.59 Å². The van der Waals surface area contributed by atoms with E-state index < -0.39 is 29.5 Å². The number of amides is 3. The van der Waals surface area contributed by atoms with Crippen LogP contribution in [0.3, 0.4) is 0 Å². The number of nitrogens with zero attached hydrogens (tertiary/aromatic N) is 4. The molecule has 0 radical (unpaired) electrons. The van der Waals surface area contributed by atoms with Crippen LogP contribution in [0, 0.1) is 0 Å². The van der Waals surface area contributed by atoms with E-state index in [1.54, 1.807) is 17.3 Å². The van der Waals surface area contributed by atoms with Gasteiger partial charge in [0, 0.05) is 63.0 Å². The maximum absolute atomic E-state index is 12.6. The number of anilines is 2. The second kappa shape index (κ2) is 14.8. The fourth-order valence-electron chi connectivity index (χ4n) is 5.07. The van der Waals surface area contributed by atoms with Crippen molar-refractivity contribution in [1.29, 1.82) is 0 Å². The van der Waals surface area contributed by atoms with Gasteiger partial charge in [-0.15, -0.1) is 0 Å². The summed E-state index contributed by atoms with van der Waals surface area (Å²) < 4.78 is 10.9. The zero-order valence-corrected chi connectivity index (χ0v) is 25.2. The van der Waals surface area contributed by atoms with Gasteiger partial charge in [0.25, 0.3) is 0 Å². The number of hydrogen-bond acceptors (Lipinski definition) is 9. The maximum Gasteiger partial charge on any atom is 0.410 e. The molecule has 2 aliphatic heterocycles. The van der Waals surface area contributed by atoms with E-state index in [0.29, 0.717) is 24.3 Å². The summed E-state index contributed by atoms with van der Waals surface area (Å²) in [6.45, 7) is 11.0. The molecule has 1 atom stereocenters. The van der Waals surface area contributed by atoms with Crippen LogP contribution in [0.15, 0.2) is 48.8 Å². The van der Waals surface area contributed by atoms with Crippen LogP contribution in [-0.4, -0.2) is 103 Å². The molecule has 4 rings (SSSR count). The van der Waals surface area contributed by atoms with Gasteiger partial charge in [-0.1, -0.05) is 0 Å². The molecule has 43 heavy (non-hydrogen) atoms. The largest absolute Gasteiger partial charge is 0.460 e. The summed E-state index contributed by atoms with van der Waals surface area (Å²) in [6, 6.07) is 9.90. The van der Waals surface area contributed by atoms with Gasteiger partial charge in [0.2, 0.25) is 0 Å². The van der Waals surface area contributed by atoms with Gasteiger partial charge >= 0.3 is 23.9 Å². The van der Waals surface area contributed by atoms with Crippen molar-refractivity contribution in [3.63, 3.8) is 0 Å². The Hall–Kier alpha value is -4.19. The zero-order chi connectivity index (χ0) is 30.8. The molecule has 0 spiro atoms. The zero-order valence-electron chi connectivity index (χ0n) is 25.2. The predicted octanol–water partition coefficient (Wildman–Crippen LogP) is 2.90. The van der Waals surface area contributed by atoms with E-state index in [4.69, 9.17) is 9.47 Å². The molecule has 1 aromatic heterocycles. The van der Waals surface area contributed by atoms with E-state index in [0.717, 1.165) is 52.0 Å². The molecule has 3 amide bonds. The molecule has 12 nitrogen and oxygen atoms in total. The van der Waals surface area contributed by atoms with Crippen LogP contribution < -0.4 is 15.5 Å². The number of carbonyl (C=O) groups excluding carboxylic acids is 4. The molecule has 232 valence electrons. The number of hydrogen-bond donors (Lipinski definition) is 2. The molecule has 2 saturated heterocycles. The Bertz CT molecular complexity index is 1240. The van der Waals surface area contributed by atoms with Crippen molar-refractivity contribution < 1.29 is 28.7 Å². The van der Waals surface area contributed by atoms with Crippen molar-refractivity contribution >= 4 is 35.3 Å². The van der Waals surface area contributed by atoms with E-state index in [2.05, 4.69) is 25.4 Å². The number of aromatic nitrogens is 1. The third-order valence-electron chi connectivity index (χ3n) is 7.33. The molecule has 0 saturated carbocycles. The third kappa shape index (κ3) is 9.67. The monoisotopic (exact) mass is 594 g/mol. The van der Waals surface area contributed by atoms with Crippen molar-refractivity contribution in [1.82, 2.24) is 20.1 Å². The molecule has 12 heteroatoms. The van der Waals surface area contributed by atoms with E-state index in [-0.39, 0.29) is 12.6 Å². The van der Waals surface area contributed by atoms with Crippen LogP contribution in [0.4, 0.5) is 16.2 Å². The van der Waals surface area contributed by atoms with Gasteiger partial charge < -0.3 is 29.9 Å². The smallest absolute Gasteiger partial charge is 0.410 e. The normalized spacial score (nSPS) is 17.3. The summed E-state index contributed by atoms with van der Waals surface area (Å²) in [4.78, 5) is 60.0. The highest BCUT2D eigenvalue weighted by atomic mass is 16.6. The number of esters is 1. The van der Waals surface area contributed by atoms with Crippen LogP contribution in [0.5, 0.6) is 0 Å². The Morgan fingerprint density at radius 2 is 1.63 bits per heavy atom. The van der Waals surface area contributed by atoms with Crippen LogP contribution in [-0.2, 0) is 19.1 Å². The first kappa shape index (κ1) is 31.7. The van der Waals surface area contributed by atoms with Gasteiger partial charge in [-0.3, -0.25) is 19.5 Å². The number of nitrogens with one attached hydrogen (secondary N) is 2. The minimum Gasteiger partial charge on any atom is -0.460 e. The fraction of sp³-hybridized carbons (Fsp3) is 0.516. The fourth-order valence-corrected chi connectivity index (χ4v) is 5.07. The minimum absolute atomic E-state index is 0.0680. The van der Waals surface area contributed by atoms with E-state index in [9.17, 15) is 19.2 Å². The number of benzene rings is 1. The SMILES string of the molecule is CC(C)(C)OC(=O)N1CCCC1COC(=O)c1ccc(NC(=O)C(=O)NCCCN2CCN(c3ccncc3)CC2)cc1. The van der Waals surface area contributed by atoms with Crippen molar-refractivity contribution in [3.05, 3.63) is 54.4 Å². The lowest BCUT2D eigenvalue weighted by molar-refractivity contribution is -0.136. The van der Waals surface area contributed by atoms with Crippen molar-refractivity contribution in [2.75, 3.05) is 62.6 Å². The number of carbonyl (C=O) groups is 4. The summed E-state index contributed by atoms with van der Waals surface area (Å²) in [5.74, 6) is -2.02. The summed E-state index contributed by atoms with van der Waals surface area (Å²) in [5, 5.41) is 5.22. The predicted molar refractivity (Wildman–Crippen MR) is 162 cm³/mol. The molecule has 0 aliphatic carbocycles. The van der Waals surface area contributed by atoms with Crippen molar-refractivity contribution in [2.45, 2.75) is 51.7 Å². The highest BCUT2D eigenvalue weighted by Crippen LogP contribution is 2.22. The van der Waals surface area contributed by atoms with Gasteiger partial charge in [-0.2, -0.15) is 0 Å². The van der Waals surface area contributed by atoms with Gasteiger partial charge in [0.1, 0.15) is 12.2 Å². The molecular weight excluding hydrogens is 552 g/mol. The van der Waals surface area contributed by atoms with Crippen LogP contribution in [0.1, 0.15) is 50.4 Å². The first-order valence-electron chi connectivity index (χ1n) is 14.8. The second-order valence-corrected chi connectivity index (χ2v) is 11.7. The maximum atomic E-state index is 12.6. The number of likely N-dealkylation sites (tertiary alicyclic amines) is 1. The lowest BCUT2D eigenvalue weighted by Gasteiger charge is -2.36. The first-order chi connectivity index (χ1) is 20.6. The Kier molecular flexibility index (Phi) is 10.9. The molecule has 2 aromatic rings. The van der Waals surface area contributed by atoms with E-state index in [1.165, 1.54) is 30.0 Å². The van der Waals surface area contributed by atoms with Gasteiger partial charge in [0.05, 0.1) is 11.6 Å². The quantitative estimate of drug-likeness (QED) is 0.255. The molecule has 3 heterocycles. The third-order valence-corrected chi connectivity index (χ3v) is 7.33. The Balaban J connectivity index is 1.12. The van der Waals surface area contributed by atoms with Gasteiger partial charge in [-0.05, 0) is 83.0 Å².